The lowest BCUT2D eigenvalue weighted by Gasteiger charge is -2.03. The zero-order valence-corrected chi connectivity index (χ0v) is 6.13. The molecule has 0 fully saturated rings. The number of rotatable bonds is 2. The molecular weight excluding hydrogens is 144 g/mol. The van der Waals surface area contributed by atoms with Crippen molar-refractivity contribution in [3.63, 3.8) is 0 Å². The molecule has 0 saturated heterocycles. The van der Waals surface area contributed by atoms with Gasteiger partial charge in [-0.1, -0.05) is 0 Å². The van der Waals surface area contributed by atoms with Crippen LogP contribution in [-0.4, -0.2) is 17.0 Å². The number of nitrogens with two attached hydrogens (primary N) is 2. The Balaban J connectivity index is 2.89. The number of hydrogen-bond donors (Lipinski definition) is 4. The van der Waals surface area contributed by atoms with E-state index in [1.54, 1.807) is 13.1 Å². The number of nitrogens with zero attached hydrogens (tertiary/aromatic N) is 2. The fourth-order valence-corrected chi connectivity index (χ4v) is 0.677. The van der Waals surface area contributed by atoms with E-state index in [1.807, 2.05) is 0 Å². The number of hydrazine groups is 1. The van der Waals surface area contributed by atoms with Crippen molar-refractivity contribution < 1.29 is 0 Å². The Hall–Kier alpha value is -1.56. The number of hydrogen-bond acceptors (Lipinski definition) is 6. The van der Waals surface area contributed by atoms with Gasteiger partial charge in [-0.2, -0.15) is 9.97 Å². The molecule has 6 nitrogen and oxygen atoms in total. The summed E-state index contributed by atoms with van der Waals surface area (Å²) in [6, 6.07) is 1.58. The van der Waals surface area contributed by atoms with Crippen LogP contribution < -0.4 is 22.3 Å². The van der Waals surface area contributed by atoms with Crippen LogP contribution in [0.25, 0.3) is 0 Å². The Kier molecular flexibility index (Phi) is 2.07. The highest BCUT2D eigenvalue weighted by Gasteiger charge is 1.96. The second kappa shape index (κ2) is 3.02. The lowest BCUT2D eigenvalue weighted by Crippen LogP contribution is -2.17. The number of anilines is 3. The molecule has 0 aromatic carbocycles. The third-order valence-electron chi connectivity index (χ3n) is 1.02. The van der Waals surface area contributed by atoms with Crippen molar-refractivity contribution in [2.24, 2.45) is 0 Å². The molecule has 0 amide bonds. The van der Waals surface area contributed by atoms with Crippen LogP contribution in [0.5, 0.6) is 0 Å². The molecule has 0 bridgehead atoms. The summed E-state index contributed by atoms with van der Waals surface area (Å²) in [6.45, 7) is 0. The molecule has 60 valence electrons. The van der Waals surface area contributed by atoms with Gasteiger partial charge >= 0.3 is 0 Å². The molecule has 0 aliphatic heterocycles. The first kappa shape index (κ1) is 7.55. The monoisotopic (exact) mass is 154 g/mol. The smallest absolute Gasteiger partial charge is 0.223 e. The van der Waals surface area contributed by atoms with Crippen LogP contribution in [0.15, 0.2) is 6.07 Å². The van der Waals surface area contributed by atoms with Gasteiger partial charge < -0.3 is 16.9 Å². The van der Waals surface area contributed by atoms with Gasteiger partial charge in [-0.05, 0) is 0 Å². The highest BCUT2D eigenvalue weighted by molar-refractivity contribution is 5.47. The first-order chi connectivity index (χ1) is 5.22. The summed E-state index contributed by atoms with van der Waals surface area (Å²) in [6.07, 6.45) is 0. The maximum absolute atomic E-state index is 5.39. The van der Waals surface area contributed by atoms with Crippen LogP contribution in [-0.2, 0) is 0 Å². The van der Waals surface area contributed by atoms with Gasteiger partial charge in [0.25, 0.3) is 0 Å². The van der Waals surface area contributed by atoms with Crippen molar-refractivity contribution in [2.75, 3.05) is 23.9 Å². The average Bonchev–Trinajstić information content (AvgIpc) is 1.85. The molecule has 11 heavy (non-hydrogen) atoms. The fraction of sp³-hybridized carbons (Fsp3) is 0.200. The highest BCUT2D eigenvalue weighted by atomic mass is 15.4. The van der Waals surface area contributed by atoms with Crippen molar-refractivity contribution in [3.05, 3.63) is 6.07 Å². The van der Waals surface area contributed by atoms with E-state index in [0.29, 0.717) is 11.6 Å². The Morgan fingerprint density at radius 1 is 1.36 bits per heavy atom. The number of nitrogens with one attached hydrogen (secondary N) is 2. The fourth-order valence-electron chi connectivity index (χ4n) is 0.677. The van der Waals surface area contributed by atoms with Gasteiger partial charge in [0, 0.05) is 13.1 Å². The van der Waals surface area contributed by atoms with Gasteiger partial charge in [0.15, 0.2) is 0 Å². The van der Waals surface area contributed by atoms with Crippen molar-refractivity contribution in [2.45, 2.75) is 0 Å². The van der Waals surface area contributed by atoms with Gasteiger partial charge in [0.1, 0.15) is 11.6 Å². The third-order valence-corrected chi connectivity index (χ3v) is 1.02. The molecule has 0 atom stereocenters. The summed E-state index contributed by atoms with van der Waals surface area (Å²) < 4.78 is 0. The lowest BCUT2D eigenvalue weighted by molar-refractivity contribution is 0.961. The topological polar surface area (TPSA) is 102 Å². The molecule has 1 heterocycles. The van der Waals surface area contributed by atoms with Crippen LogP contribution in [0.1, 0.15) is 0 Å². The number of nitrogen functional groups attached to an aromatic ring is 2. The van der Waals surface area contributed by atoms with E-state index in [1.165, 1.54) is 0 Å². The number of aromatic nitrogens is 2. The minimum Gasteiger partial charge on any atom is -0.383 e. The van der Waals surface area contributed by atoms with Crippen LogP contribution in [0.3, 0.4) is 0 Å². The van der Waals surface area contributed by atoms with Gasteiger partial charge in [-0.15, -0.1) is 0 Å². The molecule has 6 N–H and O–H groups in total. The van der Waals surface area contributed by atoms with E-state index in [4.69, 9.17) is 11.5 Å². The molecule has 0 radical (unpaired) electrons. The van der Waals surface area contributed by atoms with E-state index in [9.17, 15) is 0 Å². The van der Waals surface area contributed by atoms with Gasteiger partial charge in [0.05, 0.1) is 0 Å². The molecule has 1 aromatic rings. The summed E-state index contributed by atoms with van der Waals surface area (Å²) in [5.74, 6) is 1.05. The molecule has 0 spiro atoms. The quantitative estimate of drug-likeness (QED) is 0.415. The lowest BCUT2D eigenvalue weighted by atomic mass is 10.5. The maximum atomic E-state index is 5.39. The van der Waals surface area contributed by atoms with Crippen LogP contribution in [0.4, 0.5) is 17.6 Å². The predicted octanol–water partition coefficient (Wildman–Crippen LogP) is -0.813. The van der Waals surface area contributed by atoms with Crippen molar-refractivity contribution >= 4 is 17.6 Å². The zero-order chi connectivity index (χ0) is 8.27. The van der Waals surface area contributed by atoms with Crippen LogP contribution >= 0.6 is 0 Å². The minimum absolute atomic E-state index is 0.155. The SMILES string of the molecule is CNNc1cc(N)nc(N)n1. The van der Waals surface area contributed by atoms with E-state index in [0.717, 1.165) is 0 Å². The zero-order valence-electron chi connectivity index (χ0n) is 6.13. The summed E-state index contributed by atoms with van der Waals surface area (Å²) in [7, 11) is 1.72. The Morgan fingerprint density at radius 2 is 2.09 bits per heavy atom. The van der Waals surface area contributed by atoms with Gasteiger partial charge in [0.2, 0.25) is 5.95 Å². The van der Waals surface area contributed by atoms with Crippen molar-refractivity contribution in [1.29, 1.82) is 0 Å². The third kappa shape index (κ3) is 1.94. The van der Waals surface area contributed by atoms with E-state index < -0.39 is 0 Å². The van der Waals surface area contributed by atoms with Crippen molar-refractivity contribution in [3.8, 4) is 0 Å². The van der Waals surface area contributed by atoms with Crippen molar-refractivity contribution in [1.82, 2.24) is 15.4 Å². The standard InChI is InChI=1S/C5H10N6/c1-8-11-4-2-3(6)9-5(7)10-4/h2,8H,1H3,(H5,6,7,9,10,11). The normalized spacial score (nSPS) is 9.55. The molecule has 0 saturated carbocycles. The molecule has 6 heteroatoms. The van der Waals surface area contributed by atoms with E-state index in [-0.39, 0.29) is 5.95 Å². The molecular formula is C5H10N6. The first-order valence-electron chi connectivity index (χ1n) is 3.05. The highest BCUT2D eigenvalue weighted by Crippen LogP contribution is 2.07. The second-order valence-corrected chi connectivity index (χ2v) is 1.91. The van der Waals surface area contributed by atoms with E-state index >= 15 is 0 Å². The summed E-state index contributed by atoms with van der Waals surface area (Å²) in [4.78, 5) is 7.53. The van der Waals surface area contributed by atoms with Gasteiger partial charge in [-0.25, -0.2) is 5.43 Å². The largest absolute Gasteiger partial charge is 0.383 e. The Bertz CT molecular complexity index is 226. The van der Waals surface area contributed by atoms with Crippen LogP contribution in [0, 0.1) is 0 Å². The summed E-state index contributed by atoms with van der Waals surface area (Å²) >= 11 is 0. The maximum Gasteiger partial charge on any atom is 0.223 e. The molecule has 0 aliphatic rings. The first-order valence-corrected chi connectivity index (χ1v) is 3.05. The average molecular weight is 154 g/mol. The van der Waals surface area contributed by atoms with Crippen LogP contribution in [0.2, 0.25) is 0 Å². The molecule has 1 rings (SSSR count). The molecule has 0 unspecified atom stereocenters. The predicted molar refractivity (Wildman–Crippen MR) is 43.5 cm³/mol. The van der Waals surface area contributed by atoms with E-state index in [2.05, 4.69) is 20.8 Å². The summed E-state index contributed by atoms with van der Waals surface area (Å²) in [5.41, 5.74) is 16.1. The Morgan fingerprint density at radius 3 is 2.64 bits per heavy atom. The minimum atomic E-state index is 0.155. The molecule has 0 aliphatic carbocycles. The van der Waals surface area contributed by atoms with Gasteiger partial charge in [-0.3, -0.25) is 0 Å². The summed E-state index contributed by atoms with van der Waals surface area (Å²) in [5, 5.41) is 0. The Labute approximate surface area is 64.0 Å². The second-order valence-electron chi connectivity index (χ2n) is 1.91. The molecule has 1 aromatic heterocycles.